The largest absolute Gasteiger partial charge is 0.528 e. The van der Waals surface area contributed by atoms with E-state index in [1.807, 2.05) is 51.1 Å². The Kier molecular flexibility index (Phi) is 9.69. The van der Waals surface area contributed by atoms with Gasteiger partial charge in [0.05, 0.1) is 17.3 Å². The molecule has 3 rings (SSSR count). The minimum Gasteiger partial charge on any atom is -0.528 e. The Balaban J connectivity index is 0.00000300. The van der Waals surface area contributed by atoms with Crippen molar-refractivity contribution in [2.45, 2.75) is 58.3 Å². The maximum atomic E-state index is 12.2. The van der Waals surface area contributed by atoms with Crippen LogP contribution in [0.15, 0.2) is 35.7 Å². The molecular weight excluding hydrogens is 463 g/mol. The molecule has 8 heteroatoms. The van der Waals surface area contributed by atoms with E-state index in [9.17, 15) is 4.79 Å². The van der Waals surface area contributed by atoms with Crippen LogP contribution in [-0.4, -0.2) is 34.7 Å². The van der Waals surface area contributed by atoms with Crippen LogP contribution in [0.25, 0.3) is 5.48 Å². The molecule has 0 unspecified atom stereocenters. The number of piperidine rings is 1. The normalized spacial score (nSPS) is 15.1. The number of thiazole rings is 1. The molecule has 1 aliphatic heterocycles. The molecule has 1 aromatic heterocycles. The zero-order valence-electron chi connectivity index (χ0n) is 17.3. The number of rotatable bonds is 6. The topological polar surface area (TPSA) is 65.8 Å². The van der Waals surface area contributed by atoms with Gasteiger partial charge in [0.15, 0.2) is 0 Å². The molecule has 2 aromatic rings. The van der Waals surface area contributed by atoms with E-state index in [0.717, 1.165) is 29.1 Å². The molecule has 1 radical (unpaired) electrons. The van der Waals surface area contributed by atoms with Crippen LogP contribution in [0.3, 0.4) is 0 Å². The first-order valence-corrected chi connectivity index (χ1v) is 10.5. The SMILES string of the molecule is CC(C)(C)OC(=O)N1CCC(c2csc(C[N-]OCc3ccccc3)n2)CC1.[Y]. The maximum absolute atomic E-state index is 12.2. The van der Waals surface area contributed by atoms with Crippen molar-refractivity contribution in [2.75, 3.05) is 13.1 Å². The molecule has 0 spiro atoms. The van der Waals surface area contributed by atoms with Gasteiger partial charge in [-0.1, -0.05) is 36.9 Å². The number of carbonyl (C=O) groups is 1. The second-order valence-corrected chi connectivity index (χ2v) is 8.90. The monoisotopic (exact) mass is 491 g/mol. The Morgan fingerprint density at radius 3 is 2.59 bits per heavy atom. The Morgan fingerprint density at radius 2 is 1.93 bits per heavy atom. The molecule has 1 saturated heterocycles. The van der Waals surface area contributed by atoms with Gasteiger partial charge in [0.25, 0.3) is 0 Å². The smallest absolute Gasteiger partial charge is 0.410 e. The van der Waals surface area contributed by atoms with E-state index < -0.39 is 5.60 Å². The van der Waals surface area contributed by atoms with Gasteiger partial charge in [-0.3, -0.25) is 0 Å². The number of benzene rings is 1. The molecule has 1 amide bonds. The van der Waals surface area contributed by atoms with Gasteiger partial charge in [0.1, 0.15) is 5.60 Å². The first-order valence-electron chi connectivity index (χ1n) is 9.65. The van der Waals surface area contributed by atoms with Gasteiger partial charge in [-0.05, 0) is 39.2 Å². The van der Waals surface area contributed by atoms with E-state index in [1.165, 1.54) is 0 Å². The van der Waals surface area contributed by atoms with Crippen molar-refractivity contribution >= 4 is 17.4 Å². The number of likely N-dealkylation sites (tertiary alicyclic amines) is 1. The van der Waals surface area contributed by atoms with Gasteiger partial charge < -0.3 is 20.0 Å². The van der Waals surface area contributed by atoms with Crippen LogP contribution < -0.4 is 0 Å². The first kappa shape index (κ1) is 24.4. The van der Waals surface area contributed by atoms with Crippen LogP contribution in [0.4, 0.5) is 4.79 Å². The second-order valence-electron chi connectivity index (χ2n) is 7.95. The summed E-state index contributed by atoms with van der Waals surface area (Å²) < 4.78 is 5.46. The maximum Gasteiger partial charge on any atom is 0.410 e. The van der Waals surface area contributed by atoms with Crippen LogP contribution in [0, 0.1) is 0 Å². The molecule has 6 nitrogen and oxygen atoms in total. The number of nitrogens with zero attached hydrogens (tertiary/aromatic N) is 3. The molecule has 0 bridgehead atoms. The molecule has 0 saturated carbocycles. The third-order valence-corrected chi connectivity index (χ3v) is 5.35. The van der Waals surface area contributed by atoms with E-state index in [4.69, 9.17) is 14.6 Å². The zero-order chi connectivity index (χ0) is 20.0. The summed E-state index contributed by atoms with van der Waals surface area (Å²) in [7, 11) is 0. The van der Waals surface area contributed by atoms with Gasteiger partial charge in [0.2, 0.25) is 0 Å². The molecule has 0 aliphatic carbocycles. The fourth-order valence-electron chi connectivity index (χ4n) is 3.06. The first-order chi connectivity index (χ1) is 13.4. The van der Waals surface area contributed by atoms with Crippen molar-refractivity contribution in [3.63, 3.8) is 0 Å². The van der Waals surface area contributed by atoms with E-state index in [-0.39, 0.29) is 38.8 Å². The zero-order valence-corrected chi connectivity index (χ0v) is 21.0. The summed E-state index contributed by atoms with van der Waals surface area (Å²) in [6.07, 6.45) is 1.59. The van der Waals surface area contributed by atoms with E-state index >= 15 is 0 Å². The predicted molar refractivity (Wildman–Crippen MR) is 110 cm³/mol. The molecular formula is C21H28N3O3SY-. The molecule has 0 atom stereocenters. The molecule has 155 valence electrons. The van der Waals surface area contributed by atoms with Gasteiger partial charge in [-0.15, -0.1) is 11.3 Å². The summed E-state index contributed by atoms with van der Waals surface area (Å²) >= 11 is 1.61. The minimum absolute atomic E-state index is 0. The summed E-state index contributed by atoms with van der Waals surface area (Å²) in [6.45, 7) is 8.03. The van der Waals surface area contributed by atoms with E-state index in [0.29, 0.717) is 32.2 Å². The van der Waals surface area contributed by atoms with E-state index in [1.54, 1.807) is 16.2 Å². The summed E-state index contributed by atoms with van der Waals surface area (Å²) in [5, 5.41) is 3.06. The van der Waals surface area contributed by atoms with Gasteiger partial charge >= 0.3 is 6.09 Å². The Labute approximate surface area is 202 Å². The average Bonchev–Trinajstić information content (AvgIpc) is 3.14. The fourth-order valence-corrected chi connectivity index (χ4v) is 3.85. The third kappa shape index (κ3) is 8.06. The number of aromatic nitrogens is 1. The number of hydrogen-bond donors (Lipinski definition) is 0. The second kappa shape index (κ2) is 11.5. The van der Waals surface area contributed by atoms with Crippen molar-refractivity contribution in [1.82, 2.24) is 9.88 Å². The molecule has 1 aromatic carbocycles. The summed E-state index contributed by atoms with van der Waals surface area (Å²) in [4.78, 5) is 24.1. The van der Waals surface area contributed by atoms with Crippen LogP contribution in [0.1, 0.15) is 55.8 Å². The number of hydroxylamine groups is 1. The van der Waals surface area contributed by atoms with Crippen molar-refractivity contribution in [3.8, 4) is 0 Å². The molecule has 2 heterocycles. The van der Waals surface area contributed by atoms with Crippen molar-refractivity contribution in [1.29, 1.82) is 0 Å². The van der Waals surface area contributed by atoms with Crippen molar-refractivity contribution in [2.24, 2.45) is 0 Å². The fraction of sp³-hybridized carbons (Fsp3) is 0.524. The van der Waals surface area contributed by atoms with Crippen LogP contribution in [0.2, 0.25) is 0 Å². The van der Waals surface area contributed by atoms with E-state index in [2.05, 4.69) is 10.9 Å². The third-order valence-electron chi connectivity index (χ3n) is 4.50. The Morgan fingerprint density at radius 1 is 1.24 bits per heavy atom. The summed E-state index contributed by atoms with van der Waals surface area (Å²) in [5.41, 5.74) is 5.89. The Hall–Kier alpha value is -0.856. The average molecular weight is 491 g/mol. The quantitative estimate of drug-likeness (QED) is 0.409. The van der Waals surface area contributed by atoms with Crippen LogP contribution in [0.5, 0.6) is 0 Å². The molecule has 0 N–H and O–H groups in total. The van der Waals surface area contributed by atoms with Crippen molar-refractivity contribution < 1.29 is 47.1 Å². The molecule has 29 heavy (non-hydrogen) atoms. The van der Waals surface area contributed by atoms with Crippen LogP contribution >= 0.6 is 11.3 Å². The van der Waals surface area contributed by atoms with Gasteiger partial charge in [-0.25, -0.2) is 9.78 Å². The number of ether oxygens (including phenoxy) is 1. The number of carbonyl (C=O) groups excluding carboxylic acids is 1. The number of amides is 1. The Bertz CT molecular complexity index is 756. The molecule has 1 fully saturated rings. The van der Waals surface area contributed by atoms with Gasteiger partial charge in [0, 0.05) is 57.1 Å². The predicted octanol–water partition coefficient (Wildman–Crippen LogP) is 5.26. The number of hydrogen-bond acceptors (Lipinski definition) is 5. The summed E-state index contributed by atoms with van der Waals surface area (Å²) in [6, 6.07) is 9.98. The molecule has 1 aliphatic rings. The van der Waals surface area contributed by atoms with Crippen LogP contribution in [-0.2, 0) is 55.4 Å². The summed E-state index contributed by atoms with van der Waals surface area (Å²) in [5.74, 6) is 0.383. The van der Waals surface area contributed by atoms with Gasteiger partial charge in [-0.2, -0.15) is 0 Å². The van der Waals surface area contributed by atoms with Crippen molar-refractivity contribution in [3.05, 3.63) is 57.5 Å². The standard InChI is InChI=1S/C21H28N3O3S.Y/c1-21(2,3)27-20(25)24-11-9-17(10-12-24)18-15-28-19(23-18)13-22-26-14-16-7-5-4-6-8-16;/h4-8,15,17H,9-14H2,1-3H3;/q-1;. The minimum atomic E-state index is -0.455.